The average Bonchev–Trinajstić information content (AvgIpc) is 3.20. The number of ether oxygens (including phenoxy) is 1. The number of thiophene rings is 1. The first-order valence-electron chi connectivity index (χ1n) is 7.80. The number of benzene rings is 1. The molecule has 1 aliphatic carbocycles. The minimum Gasteiger partial charge on any atom is -0.494 e. The van der Waals surface area contributed by atoms with E-state index in [2.05, 4.69) is 54.0 Å². The second-order valence-corrected chi connectivity index (χ2v) is 6.70. The molecular formula is C18H23NOS. The van der Waals surface area contributed by atoms with E-state index in [-0.39, 0.29) is 0 Å². The maximum absolute atomic E-state index is 5.51. The molecule has 0 bridgehead atoms. The Morgan fingerprint density at radius 2 is 2.00 bits per heavy atom. The van der Waals surface area contributed by atoms with Crippen molar-refractivity contribution < 1.29 is 4.74 Å². The lowest BCUT2D eigenvalue weighted by atomic mass is 10.0. The molecule has 1 aliphatic rings. The molecule has 0 spiro atoms. The van der Waals surface area contributed by atoms with E-state index in [0.29, 0.717) is 12.1 Å². The van der Waals surface area contributed by atoms with Crippen molar-refractivity contribution in [1.29, 1.82) is 0 Å². The van der Waals surface area contributed by atoms with Gasteiger partial charge in [-0.1, -0.05) is 18.2 Å². The van der Waals surface area contributed by atoms with Gasteiger partial charge in [0.1, 0.15) is 5.75 Å². The Kier molecular flexibility index (Phi) is 4.61. The van der Waals surface area contributed by atoms with Gasteiger partial charge < -0.3 is 10.1 Å². The van der Waals surface area contributed by atoms with Gasteiger partial charge in [-0.2, -0.15) is 0 Å². The summed E-state index contributed by atoms with van der Waals surface area (Å²) in [7, 11) is 0. The van der Waals surface area contributed by atoms with Gasteiger partial charge in [-0.15, -0.1) is 11.3 Å². The Hall–Kier alpha value is -1.32. The van der Waals surface area contributed by atoms with Crippen LogP contribution in [-0.4, -0.2) is 6.61 Å². The molecule has 2 aromatic rings. The van der Waals surface area contributed by atoms with Crippen LogP contribution in [0.1, 0.15) is 49.2 Å². The van der Waals surface area contributed by atoms with Crippen molar-refractivity contribution in [3.05, 3.63) is 52.2 Å². The molecule has 1 aromatic carbocycles. The van der Waals surface area contributed by atoms with Gasteiger partial charge in [0.15, 0.2) is 0 Å². The molecule has 1 aromatic heterocycles. The topological polar surface area (TPSA) is 21.3 Å². The van der Waals surface area contributed by atoms with Crippen molar-refractivity contribution in [3.8, 4) is 5.75 Å². The normalized spacial score (nSPS) is 17.4. The molecule has 2 nitrogen and oxygen atoms in total. The Labute approximate surface area is 131 Å². The van der Waals surface area contributed by atoms with Crippen molar-refractivity contribution in [1.82, 2.24) is 5.32 Å². The molecule has 0 saturated heterocycles. The number of hydrogen-bond acceptors (Lipinski definition) is 3. The Balaban J connectivity index is 1.68. The van der Waals surface area contributed by atoms with Gasteiger partial charge >= 0.3 is 0 Å². The highest BCUT2D eigenvalue weighted by Crippen LogP contribution is 2.43. The van der Waals surface area contributed by atoms with Crippen LogP contribution in [0, 0.1) is 5.92 Å². The maximum Gasteiger partial charge on any atom is 0.119 e. The van der Waals surface area contributed by atoms with Crippen LogP contribution in [-0.2, 0) is 0 Å². The zero-order valence-electron chi connectivity index (χ0n) is 12.7. The molecule has 2 atom stereocenters. The van der Waals surface area contributed by atoms with Crippen LogP contribution in [0.25, 0.3) is 0 Å². The van der Waals surface area contributed by atoms with Crippen molar-refractivity contribution in [2.45, 2.75) is 38.8 Å². The van der Waals surface area contributed by atoms with Crippen LogP contribution in [0.2, 0.25) is 0 Å². The Bertz CT molecular complexity index is 545. The summed E-state index contributed by atoms with van der Waals surface area (Å²) in [6, 6.07) is 13.7. The zero-order valence-corrected chi connectivity index (χ0v) is 13.5. The van der Waals surface area contributed by atoms with Crippen LogP contribution in [0.4, 0.5) is 0 Å². The van der Waals surface area contributed by atoms with Gasteiger partial charge in [0, 0.05) is 17.0 Å². The summed E-state index contributed by atoms with van der Waals surface area (Å²) in [5.74, 6) is 1.76. The minimum atomic E-state index is 0.355. The van der Waals surface area contributed by atoms with Crippen molar-refractivity contribution in [2.24, 2.45) is 5.92 Å². The first-order valence-corrected chi connectivity index (χ1v) is 8.68. The maximum atomic E-state index is 5.51. The fourth-order valence-corrected chi connectivity index (χ4v) is 3.61. The summed E-state index contributed by atoms with van der Waals surface area (Å²) in [6.07, 6.45) is 2.71. The highest BCUT2D eigenvalue weighted by molar-refractivity contribution is 7.10. The predicted molar refractivity (Wildman–Crippen MR) is 88.9 cm³/mol. The van der Waals surface area contributed by atoms with Crippen LogP contribution < -0.4 is 10.1 Å². The van der Waals surface area contributed by atoms with E-state index < -0.39 is 0 Å². The van der Waals surface area contributed by atoms with Crippen molar-refractivity contribution >= 4 is 11.3 Å². The SMILES string of the molecule is CCOc1ccc(C(C)NC(c2cccs2)C2CC2)cc1. The smallest absolute Gasteiger partial charge is 0.119 e. The summed E-state index contributed by atoms with van der Waals surface area (Å²) in [5.41, 5.74) is 1.32. The molecule has 2 unspecified atom stereocenters. The third kappa shape index (κ3) is 3.66. The molecule has 0 radical (unpaired) electrons. The third-order valence-electron chi connectivity index (χ3n) is 4.06. The lowest BCUT2D eigenvalue weighted by Crippen LogP contribution is -2.25. The van der Waals surface area contributed by atoms with Gasteiger partial charge in [-0.3, -0.25) is 0 Å². The fourth-order valence-electron chi connectivity index (χ4n) is 2.73. The third-order valence-corrected chi connectivity index (χ3v) is 5.02. The monoisotopic (exact) mass is 301 g/mol. The van der Waals surface area contributed by atoms with Gasteiger partial charge in [0.2, 0.25) is 0 Å². The highest BCUT2D eigenvalue weighted by atomic mass is 32.1. The molecule has 3 rings (SSSR count). The molecule has 1 heterocycles. The minimum absolute atomic E-state index is 0.355. The van der Waals surface area contributed by atoms with E-state index in [1.807, 2.05) is 18.3 Å². The second kappa shape index (κ2) is 6.63. The van der Waals surface area contributed by atoms with E-state index in [1.54, 1.807) is 0 Å². The van der Waals surface area contributed by atoms with E-state index in [0.717, 1.165) is 18.3 Å². The molecule has 1 fully saturated rings. The van der Waals surface area contributed by atoms with Crippen LogP contribution in [0.3, 0.4) is 0 Å². The largest absolute Gasteiger partial charge is 0.494 e. The standard InChI is InChI=1S/C18H23NOS/c1-3-20-16-10-8-14(9-11-16)13(2)19-18(15-6-7-15)17-5-4-12-21-17/h4-5,8-13,15,18-19H,3,6-7H2,1-2H3. The number of hydrogen-bond donors (Lipinski definition) is 1. The second-order valence-electron chi connectivity index (χ2n) is 5.72. The summed E-state index contributed by atoms with van der Waals surface area (Å²) >= 11 is 1.86. The van der Waals surface area contributed by atoms with Gasteiger partial charge in [0.05, 0.1) is 6.61 Å². The number of rotatable bonds is 7. The number of nitrogens with one attached hydrogen (secondary N) is 1. The van der Waals surface area contributed by atoms with Gasteiger partial charge in [-0.05, 0) is 61.7 Å². The molecule has 1 N–H and O–H groups in total. The van der Waals surface area contributed by atoms with Gasteiger partial charge in [0.25, 0.3) is 0 Å². The van der Waals surface area contributed by atoms with Crippen molar-refractivity contribution in [3.63, 3.8) is 0 Å². The fraction of sp³-hybridized carbons (Fsp3) is 0.444. The first-order chi connectivity index (χ1) is 10.3. The van der Waals surface area contributed by atoms with Crippen LogP contribution in [0.5, 0.6) is 5.75 Å². The summed E-state index contributed by atoms with van der Waals surface area (Å²) in [5, 5.41) is 5.99. The molecule has 21 heavy (non-hydrogen) atoms. The summed E-state index contributed by atoms with van der Waals surface area (Å²) in [6.45, 7) is 4.98. The molecular weight excluding hydrogens is 278 g/mol. The lowest BCUT2D eigenvalue weighted by molar-refractivity contribution is 0.340. The highest BCUT2D eigenvalue weighted by Gasteiger charge is 2.33. The zero-order chi connectivity index (χ0) is 14.7. The first kappa shape index (κ1) is 14.6. The lowest BCUT2D eigenvalue weighted by Gasteiger charge is -2.23. The molecule has 0 amide bonds. The Morgan fingerprint density at radius 3 is 2.57 bits per heavy atom. The molecule has 1 saturated carbocycles. The average molecular weight is 301 g/mol. The van der Waals surface area contributed by atoms with E-state index in [4.69, 9.17) is 4.74 Å². The quantitative estimate of drug-likeness (QED) is 0.781. The predicted octanol–water partition coefficient (Wildman–Crippen LogP) is 4.95. The van der Waals surface area contributed by atoms with Crippen LogP contribution in [0.15, 0.2) is 41.8 Å². The van der Waals surface area contributed by atoms with E-state index in [9.17, 15) is 0 Å². The van der Waals surface area contributed by atoms with Crippen molar-refractivity contribution in [2.75, 3.05) is 6.61 Å². The van der Waals surface area contributed by atoms with Gasteiger partial charge in [-0.25, -0.2) is 0 Å². The van der Waals surface area contributed by atoms with Crippen LogP contribution >= 0.6 is 11.3 Å². The molecule has 3 heteroatoms. The van der Waals surface area contributed by atoms with E-state index >= 15 is 0 Å². The summed E-state index contributed by atoms with van der Waals surface area (Å²) < 4.78 is 5.51. The molecule has 0 aliphatic heterocycles. The molecule has 112 valence electrons. The summed E-state index contributed by atoms with van der Waals surface area (Å²) in [4.78, 5) is 1.47. The van der Waals surface area contributed by atoms with E-state index in [1.165, 1.54) is 23.3 Å². The Morgan fingerprint density at radius 1 is 1.24 bits per heavy atom.